The van der Waals surface area contributed by atoms with E-state index in [0.717, 1.165) is 5.56 Å². The Hall–Kier alpha value is -1.98. The van der Waals surface area contributed by atoms with Crippen LogP contribution in [0, 0.1) is 18.3 Å². The molecule has 2 aromatic carbocycles. The minimum absolute atomic E-state index is 0.0694. The number of rotatable bonds is 4. The molecule has 23 heavy (non-hydrogen) atoms. The van der Waals surface area contributed by atoms with Gasteiger partial charge in [0, 0.05) is 21.7 Å². The largest absolute Gasteiger partial charge is 0.320 e. The normalized spacial score (nSPS) is 10.7. The van der Waals surface area contributed by atoms with Crippen molar-refractivity contribution in [1.82, 2.24) is 0 Å². The van der Waals surface area contributed by atoms with E-state index >= 15 is 0 Å². The van der Waals surface area contributed by atoms with Crippen LogP contribution in [-0.2, 0) is 25.5 Å². The monoisotopic (exact) mass is 366 g/mol. The topological polar surface area (TPSA) is 79.5 Å². The smallest absolute Gasteiger partial charge is 0.192 e. The van der Waals surface area contributed by atoms with Gasteiger partial charge in [-0.2, -0.15) is 13.7 Å². The fraction of sp³-hybridized carbons (Fsp3) is 0.0667. The molecule has 0 atom stereocenters. The SMILES string of the molecule is Cc1ccc(C(C#N)=S=NOS(=O)(=O)c2ccc(Cl)cc2)cc1. The summed E-state index contributed by atoms with van der Waals surface area (Å²) in [4.78, 5) is 0.163. The Kier molecular flexibility index (Phi) is 5.69. The standard InChI is InChI=1S/C15H11ClN2O3S2/c1-11-2-4-12(5-3-11)15(10-17)22-18-21-23(19,20)14-8-6-13(16)7-9-14/h2-9H,1H3. The van der Waals surface area contributed by atoms with Gasteiger partial charge in [0.1, 0.15) is 10.9 Å². The van der Waals surface area contributed by atoms with Crippen LogP contribution in [0.1, 0.15) is 11.1 Å². The van der Waals surface area contributed by atoms with Crippen LogP contribution in [0.15, 0.2) is 58.0 Å². The Balaban J connectivity index is 2.26. The van der Waals surface area contributed by atoms with Gasteiger partial charge in [-0.25, -0.2) is 0 Å². The summed E-state index contributed by atoms with van der Waals surface area (Å²) in [6.45, 7) is 1.93. The van der Waals surface area contributed by atoms with Gasteiger partial charge in [0.2, 0.25) is 0 Å². The maximum atomic E-state index is 11.9. The van der Waals surface area contributed by atoms with Crippen molar-refractivity contribution in [3.8, 4) is 6.07 Å². The van der Waals surface area contributed by atoms with Crippen LogP contribution in [0.4, 0.5) is 0 Å². The van der Waals surface area contributed by atoms with E-state index < -0.39 is 10.1 Å². The van der Waals surface area contributed by atoms with Crippen LogP contribution in [0.3, 0.4) is 0 Å². The Morgan fingerprint density at radius 3 is 2.35 bits per heavy atom. The van der Waals surface area contributed by atoms with Crippen molar-refractivity contribution in [2.45, 2.75) is 11.8 Å². The van der Waals surface area contributed by atoms with E-state index in [1.165, 1.54) is 24.3 Å². The van der Waals surface area contributed by atoms with Crippen molar-refractivity contribution in [3.05, 3.63) is 64.7 Å². The third kappa shape index (κ3) is 4.74. The summed E-state index contributed by atoms with van der Waals surface area (Å²) in [5.74, 6) is 0. The molecular weight excluding hydrogens is 356 g/mol. The summed E-state index contributed by atoms with van der Waals surface area (Å²) >= 11 is 6.36. The summed E-state index contributed by atoms with van der Waals surface area (Å²) < 4.78 is 31.9. The molecule has 0 N–H and O–H groups in total. The average Bonchev–Trinajstić information content (AvgIpc) is 2.53. The Labute approximate surface area is 142 Å². The zero-order valence-corrected chi connectivity index (χ0v) is 14.3. The van der Waals surface area contributed by atoms with Gasteiger partial charge in [0.15, 0.2) is 0 Å². The molecule has 0 amide bonds. The van der Waals surface area contributed by atoms with Gasteiger partial charge >= 0.3 is 10.1 Å². The number of aryl methyl sites for hydroxylation is 1. The number of nitriles is 1. The zero-order valence-electron chi connectivity index (χ0n) is 11.9. The lowest BCUT2D eigenvalue weighted by molar-refractivity contribution is 0.348. The quantitative estimate of drug-likeness (QED) is 0.472. The van der Waals surface area contributed by atoms with Gasteiger partial charge in [-0.1, -0.05) is 46.0 Å². The molecule has 0 aliphatic heterocycles. The molecule has 5 nitrogen and oxygen atoms in total. The van der Waals surface area contributed by atoms with E-state index in [0.29, 0.717) is 21.7 Å². The van der Waals surface area contributed by atoms with Gasteiger partial charge in [0.05, 0.1) is 4.90 Å². The molecule has 0 fully saturated rings. The maximum absolute atomic E-state index is 11.9. The minimum Gasteiger partial charge on any atom is -0.192 e. The van der Waals surface area contributed by atoms with Crippen molar-refractivity contribution in [3.63, 3.8) is 0 Å². The first-order valence-corrected chi connectivity index (χ1v) is 8.89. The predicted octanol–water partition coefficient (Wildman–Crippen LogP) is 3.28. The van der Waals surface area contributed by atoms with Gasteiger partial charge < -0.3 is 0 Å². The van der Waals surface area contributed by atoms with Gasteiger partial charge in [-0.05, 0) is 31.2 Å². The fourth-order valence-electron chi connectivity index (χ4n) is 1.58. The lowest BCUT2D eigenvalue weighted by Crippen LogP contribution is -2.02. The second kappa shape index (κ2) is 7.53. The molecule has 0 bridgehead atoms. The molecule has 0 saturated heterocycles. The molecule has 2 rings (SSSR count). The first-order valence-electron chi connectivity index (χ1n) is 6.33. The Morgan fingerprint density at radius 2 is 1.78 bits per heavy atom. The van der Waals surface area contributed by atoms with Crippen molar-refractivity contribution >= 4 is 37.7 Å². The molecule has 0 aliphatic rings. The molecule has 0 spiro atoms. The lowest BCUT2D eigenvalue weighted by Gasteiger charge is -1.99. The average molecular weight is 367 g/mol. The third-order valence-corrected chi connectivity index (χ3v) is 4.90. The van der Waals surface area contributed by atoms with E-state index in [2.05, 4.69) is 8.81 Å². The highest BCUT2D eigenvalue weighted by atomic mass is 35.5. The van der Waals surface area contributed by atoms with E-state index in [1.54, 1.807) is 12.1 Å². The Bertz CT molecular complexity index is 909. The minimum atomic E-state index is -4.04. The van der Waals surface area contributed by atoms with E-state index in [1.807, 2.05) is 25.1 Å². The molecule has 0 saturated carbocycles. The second-order valence-electron chi connectivity index (χ2n) is 4.46. The van der Waals surface area contributed by atoms with Gasteiger partial charge in [0.25, 0.3) is 0 Å². The van der Waals surface area contributed by atoms with Crippen molar-refractivity contribution < 1.29 is 12.7 Å². The number of hydrogen-bond donors (Lipinski definition) is 0. The maximum Gasteiger partial charge on any atom is 0.320 e. The first kappa shape index (κ1) is 17.4. The highest BCUT2D eigenvalue weighted by Crippen LogP contribution is 2.16. The van der Waals surface area contributed by atoms with Crippen molar-refractivity contribution in [1.29, 1.82) is 5.26 Å². The first-order chi connectivity index (χ1) is 10.9. The Morgan fingerprint density at radius 1 is 1.17 bits per heavy atom. The molecule has 0 aliphatic carbocycles. The summed E-state index contributed by atoms with van der Waals surface area (Å²) in [7, 11) is -4.04. The summed E-state index contributed by atoms with van der Waals surface area (Å²) in [5, 5.41) is 9.55. The van der Waals surface area contributed by atoms with Crippen molar-refractivity contribution in [2.75, 3.05) is 0 Å². The highest BCUT2D eigenvalue weighted by Gasteiger charge is 2.14. The number of nitrogens with zero attached hydrogens (tertiary/aromatic N) is 2. The van der Waals surface area contributed by atoms with E-state index in [4.69, 9.17) is 16.9 Å². The molecule has 0 aromatic heterocycles. The van der Waals surface area contributed by atoms with Gasteiger partial charge in [-0.3, -0.25) is 0 Å². The molecule has 2 aromatic rings. The second-order valence-corrected chi connectivity index (χ2v) is 7.16. The number of halogens is 1. The van der Waals surface area contributed by atoms with Crippen LogP contribution >= 0.6 is 11.6 Å². The number of hydrogen-bond acceptors (Lipinski definition) is 5. The zero-order chi connectivity index (χ0) is 16.9. The van der Waals surface area contributed by atoms with Crippen LogP contribution in [0.25, 0.3) is 0 Å². The summed E-state index contributed by atoms with van der Waals surface area (Å²) in [6, 6.07) is 14.7. The van der Waals surface area contributed by atoms with Crippen LogP contribution < -0.4 is 0 Å². The number of benzene rings is 2. The fourth-order valence-corrected chi connectivity index (χ4v) is 3.06. The highest BCUT2D eigenvalue weighted by molar-refractivity contribution is 7.87. The van der Waals surface area contributed by atoms with Crippen molar-refractivity contribution in [2.24, 2.45) is 4.53 Å². The predicted molar refractivity (Wildman–Crippen MR) is 90.4 cm³/mol. The van der Waals surface area contributed by atoms with Gasteiger partial charge in [-0.15, -0.1) is 4.28 Å². The molecule has 0 radical (unpaired) electrons. The molecule has 8 heteroatoms. The summed E-state index contributed by atoms with van der Waals surface area (Å²) in [5.41, 5.74) is 1.69. The van der Waals surface area contributed by atoms with E-state index in [9.17, 15) is 8.42 Å². The molecule has 118 valence electrons. The lowest BCUT2D eigenvalue weighted by atomic mass is 10.1. The van der Waals surface area contributed by atoms with Crippen LogP contribution in [0.2, 0.25) is 5.02 Å². The van der Waals surface area contributed by atoms with E-state index in [-0.39, 0.29) is 9.76 Å². The molecule has 0 unspecified atom stereocenters. The molecular formula is C15H11ClN2O3S2. The molecule has 0 heterocycles. The summed E-state index contributed by atoms with van der Waals surface area (Å²) in [6.07, 6.45) is 0. The third-order valence-electron chi connectivity index (χ3n) is 2.77. The van der Waals surface area contributed by atoms with Crippen LogP contribution in [-0.4, -0.2) is 13.3 Å². The van der Waals surface area contributed by atoms with Crippen LogP contribution in [0.5, 0.6) is 0 Å².